The number of nitrogens with zero attached hydrogens (tertiary/aromatic N) is 1. The van der Waals surface area contributed by atoms with Gasteiger partial charge in [0.25, 0.3) is 0 Å². The van der Waals surface area contributed by atoms with Crippen molar-refractivity contribution >= 4 is 0 Å². The summed E-state index contributed by atoms with van der Waals surface area (Å²) >= 11 is 0. The first kappa shape index (κ1) is 14.1. The van der Waals surface area contributed by atoms with Gasteiger partial charge in [-0.2, -0.15) is 0 Å². The fourth-order valence-electron chi connectivity index (χ4n) is 3.92. The number of fused-ring (bicyclic) bond motifs is 1. The molecule has 0 spiro atoms. The van der Waals surface area contributed by atoms with E-state index in [4.69, 9.17) is 4.74 Å². The van der Waals surface area contributed by atoms with E-state index in [0.717, 1.165) is 26.0 Å². The molecule has 20 heavy (non-hydrogen) atoms. The Hall–Kier alpha value is -0.900. The lowest BCUT2D eigenvalue weighted by Gasteiger charge is -2.36. The maximum Gasteiger partial charge on any atom is 0.0703 e. The van der Waals surface area contributed by atoms with Crippen molar-refractivity contribution in [2.45, 2.75) is 50.9 Å². The van der Waals surface area contributed by atoms with Crippen LogP contribution in [-0.2, 0) is 11.2 Å². The van der Waals surface area contributed by atoms with Crippen LogP contribution in [0.25, 0.3) is 0 Å². The Balaban J connectivity index is 1.82. The first-order valence-electron chi connectivity index (χ1n) is 7.87. The molecule has 0 amide bonds. The van der Waals surface area contributed by atoms with Crippen LogP contribution < -0.4 is 5.32 Å². The first-order valence-corrected chi connectivity index (χ1v) is 7.87. The second kappa shape index (κ2) is 5.84. The van der Waals surface area contributed by atoms with Gasteiger partial charge in [-0.25, -0.2) is 0 Å². The summed E-state index contributed by atoms with van der Waals surface area (Å²) in [5.41, 5.74) is 2.99. The molecule has 3 rings (SSSR count). The number of hydrogen-bond donors (Lipinski definition) is 1. The summed E-state index contributed by atoms with van der Waals surface area (Å²) in [7, 11) is 2.27. The lowest BCUT2D eigenvalue weighted by molar-refractivity contribution is 0.0611. The molecule has 0 saturated carbocycles. The van der Waals surface area contributed by atoms with Crippen LogP contribution >= 0.6 is 0 Å². The largest absolute Gasteiger partial charge is 0.377 e. The zero-order valence-corrected chi connectivity index (χ0v) is 12.8. The minimum absolute atomic E-state index is 0.353. The number of ether oxygens (including phenoxy) is 1. The topological polar surface area (TPSA) is 24.5 Å². The van der Waals surface area contributed by atoms with E-state index in [2.05, 4.69) is 55.4 Å². The quantitative estimate of drug-likeness (QED) is 0.912. The monoisotopic (exact) mass is 274 g/mol. The van der Waals surface area contributed by atoms with Crippen LogP contribution in [0.4, 0.5) is 0 Å². The van der Waals surface area contributed by atoms with Crippen molar-refractivity contribution in [1.29, 1.82) is 0 Å². The third-order valence-electron chi connectivity index (χ3n) is 5.01. The number of hydrogen-bond acceptors (Lipinski definition) is 3. The van der Waals surface area contributed by atoms with Crippen molar-refractivity contribution < 1.29 is 4.74 Å². The van der Waals surface area contributed by atoms with E-state index >= 15 is 0 Å². The first-order chi connectivity index (χ1) is 9.72. The number of benzene rings is 1. The highest BCUT2D eigenvalue weighted by atomic mass is 16.5. The third-order valence-corrected chi connectivity index (χ3v) is 5.01. The molecule has 0 radical (unpaired) electrons. The fraction of sp³-hybridized carbons (Fsp3) is 0.647. The Morgan fingerprint density at radius 2 is 2.10 bits per heavy atom. The molecule has 1 aromatic rings. The van der Waals surface area contributed by atoms with Crippen LogP contribution in [0.1, 0.15) is 37.4 Å². The molecule has 1 aromatic carbocycles. The van der Waals surface area contributed by atoms with E-state index in [1.165, 1.54) is 11.1 Å². The SMILES string of the molecule is CCNC1c2ccccc2CC1N(C)C1CCOC1C. The molecule has 1 aliphatic carbocycles. The van der Waals surface area contributed by atoms with Crippen LogP contribution in [-0.4, -0.2) is 43.3 Å². The maximum absolute atomic E-state index is 5.76. The molecule has 1 N–H and O–H groups in total. The van der Waals surface area contributed by atoms with Gasteiger partial charge in [-0.05, 0) is 44.5 Å². The summed E-state index contributed by atoms with van der Waals surface area (Å²) in [5.74, 6) is 0. The summed E-state index contributed by atoms with van der Waals surface area (Å²) in [6.45, 7) is 6.32. The Morgan fingerprint density at radius 1 is 1.30 bits per heavy atom. The number of likely N-dealkylation sites (N-methyl/N-ethyl adjacent to an activating group) is 2. The van der Waals surface area contributed by atoms with E-state index in [1.807, 2.05) is 0 Å². The molecule has 3 heteroatoms. The molecule has 0 bridgehead atoms. The van der Waals surface area contributed by atoms with Crippen LogP contribution in [0.2, 0.25) is 0 Å². The average molecular weight is 274 g/mol. The van der Waals surface area contributed by atoms with Gasteiger partial charge in [0.05, 0.1) is 6.10 Å². The zero-order valence-electron chi connectivity index (χ0n) is 12.8. The molecule has 110 valence electrons. The molecular weight excluding hydrogens is 248 g/mol. The fourth-order valence-corrected chi connectivity index (χ4v) is 3.92. The van der Waals surface area contributed by atoms with Gasteiger partial charge in [0.1, 0.15) is 0 Å². The minimum atomic E-state index is 0.353. The standard InChI is InChI=1S/C17H26N2O/c1-4-18-17-14-8-6-5-7-13(14)11-16(17)19(3)15-9-10-20-12(15)2/h5-8,12,15-18H,4,9-11H2,1-3H3. The lowest BCUT2D eigenvalue weighted by Crippen LogP contribution is -2.48. The maximum atomic E-state index is 5.76. The Morgan fingerprint density at radius 3 is 2.80 bits per heavy atom. The molecule has 4 unspecified atom stereocenters. The van der Waals surface area contributed by atoms with Gasteiger partial charge in [0, 0.05) is 24.7 Å². The summed E-state index contributed by atoms with van der Waals surface area (Å²) in [6, 6.07) is 10.4. The number of nitrogens with one attached hydrogen (secondary N) is 1. The van der Waals surface area contributed by atoms with Crippen molar-refractivity contribution in [3.8, 4) is 0 Å². The Labute approximate surface area is 122 Å². The van der Waals surface area contributed by atoms with E-state index in [9.17, 15) is 0 Å². The van der Waals surface area contributed by atoms with Crippen LogP contribution in [0.5, 0.6) is 0 Å². The smallest absolute Gasteiger partial charge is 0.0703 e. The highest BCUT2D eigenvalue weighted by Crippen LogP contribution is 2.36. The summed E-state index contributed by atoms with van der Waals surface area (Å²) < 4.78 is 5.76. The van der Waals surface area contributed by atoms with Gasteiger partial charge in [-0.15, -0.1) is 0 Å². The lowest BCUT2D eigenvalue weighted by atomic mass is 10.0. The van der Waals surface area contributed by atoms with E-state index in [0.29, 0.717) is 24.2 Å². The molecule has 1 aliphatic heterocycles. The van der Waals surface area contributed by atoms with E-state index < -0.39 is 0 Å². The molecule has 0 aromatic heterocycles. The van der Waals surface area contributed by atoms with Gasteiger partial charge in [-0.1, -0.05) is 31.2 Å². The minimum Gasteiger partial charge on any atom is -0.377 e. The highest BCUT2D eigenvalue weighted by Gasteiger charge is 2.39. The molecule has 1 heterocycles. The predicted octanol–water partition coefficient (Wildman–Crippen LogP) is 2.37. The van der Waals surface area contributed by atoms with Crippen LogP contribution in [0.3, 0.4) is 0 Å². The molecule has 2 aliphatic rings. The zero-order chi connectivity index (χ0) is 14.1. The van der Waals surface area contributed by atoms with Gasteiger partial charge in [-0.3, -0.25) is 4.90 Å². The van der Waals surface area contributed by atoms with Crippen molar-refractivity contribution in [2.75, 3.05) is 20.2 Å². The Kier molecular flexibility index (Phi) is 4.11. The summed E-state index contributed by atoms with van der Waals surface area (Å²) in [5, 5.41) is 3.69. The third kappa shape index (κ3) is 2.39. The van der Waals surface area contributed by atoms with Gasteiger partial charge in [0.15, 0.2) is 0 Å². The van der Waals surface area contributed by atoms with E-state index in [-0.39, 0.29) is 0 Å². The van der Waals surface area contributed by atoms with Crippen molar-refractivity contribution in [3.63, 3.8) is 0 Å². The summed E-state index contributed by atoms with van der Waals surface area (Å²) in [4.78, 5) is 2.56. The van der Waals surface area contributed by atoms with Crippen molar-refractivity contribution in [2.24, 2.45) is 0 Å². The average Bonchev–Trinajstić information content (AvgIpc) is 3.03. The molecule has 4 atom stereocenters. The molecular formula is C17H26N2O. The van der Waals surface area contributed by atoms with Gasteiger partial charge >= 0.3 is 0 Å². The highest BCUT2D eigenvalue weighted by molar-refractivity contribution is 5.37. The predicted molar refractivity (Wildman–Crippen MR) is 81.9 cm³/mol. The molecule has 1 saturated heterocycles. The van der Waals surface area contributed by atoms with E-state index in [1.54, 1.807) is 0 Å². The second-order valence-corrected chi connectivity index (χ2v) is 6.10. The number of rotatable bonds is 4. The molecule has 3 nitrogen and oxygen atoms in total. The van der Waals surface area contributed by atoms with Crippen LogP contribution in [0, 0.1) is 0 Å². The van der Waals surface area contributed by atoms with Gasteiger partial charge in [0.2, 0.25) is 0 Å². The normalized spacial score (nSPS) is 32.8. The second-order valence-electron chi connectivity index (χ2n) is 6.10. The van der Waals surface area contributed by atoms with Gasteiger partial charge < -0.3 is 10.1 Å². The van der Waals surface area contributed by atoms with Crippen molar-refractivity contribution in [1.82, 2.24) is 10.2 Å². The Bertz CT molecular complexity index is 462. The summed E-state index contributed by atoms with van der Waals surface area (Å²) in [6.07, 6.45) is 2.66. The van der Waals surface area contributed by atoms with Crippen molar-refractivity contribution in [3.05, 3.63) is 35.4 Å². The molecule has 1 fully saturated rings. The van der Waals surface area contributed by atoms with Crippen LogP contribution in [0.15, 0.2) is 24.3 Å².